The molecule has 1 aliphatic heterocycles. The average Bonchev–Trinajstić information content (AvgIpc) is 2.96. The van der Waals surface area contributed by atoms with Gasteiger partial charge in [-0.3, -0.25) is 4.79 Å². The summed E-state index contributed by atoms with van der Waals surface area (Å²) in [7, 11) is 0. The molecular formula is C22H17Cl2NO2. The predicted octanol–water partition coefficient (Wildman–Crippen LogP) is 5.10. The fourth-order valence-corrected chi connectivity index (χ4v) is 3.97. The molecule has 0 fully saturated rings. The van der Waals surface area contributed by atoms with Crippen LogP contribution in [0.3, 0.4) is 0 Å². The van der Waals surface area contributed by atoms with Gasteiger partial charge in [-0.15, -0.1) is 0 Å². The number of benzene rings is 3. The first-order valence-corrected chi connectivity index (χ1v) is 9.37. The van der Waals surface area contributed by atoms with Crippen molar-refractivity contribution in [2.24, 2.45) is 0 Å². The van der Waals surface area contributed by atoms with Crippen molar-refractivity contribution >= 4 is 29.1 Å². The quantitative estimate of drug-likeness (QED) is 0.642. The Bertz CT molecular complexity index is 986. The molecule has 3 aromatic carbocycles. The minimum atomic E-state index is -0.836. The van der Waals surface area contributed by atoms with E-state index in [-0.39, 0.29) is 5.91 Å². The second-order valence-corrected chi connectivity index (χ2v) is 7.56. The Kier molecular flexibility index (Phi) is 4.68. The molecular weight excluding hydrogens is 381 g/mol. The molecule has 3 aromatic rings. The topological polar surface area (TPSA) is 49.3 Å². The molecule has 0 bridgehead atoms. The maximum Gasteiger partial charge on any atom is 0.252 e. The molecule has 2 atom stereocenters. The third-order valence-corrected chi connectivity index (χ3v) is 5.55. The molecule has 1 aliphatic rings. The minimum absolute atomic E-state index is 0.149. The van der Waals surface area contributed by atoms with Crippen molar-refractivity contribution in [2.45, 2.75) is 18.1 Å². The van der Waals surface area contributed by atoms with Crippen LogP contribution in [0.2, 0.25) is 10.0 Å². The van der Waals surface area contributed by atoms with Gasteiger partial charge in [-0.2, -0.15) is 0 Å². The third-order valence-electron chi connectivity index (χ3n) is 5.05. The molecule has 5 heteroatoms. The summed E-state index contributed by atoms with van der Waals surface area (Å²) in [6.45, 7) is 0. The number of aliphatic hydroxyl groups is 1. The van der Waals surface area contributed by atoms with E-state index in [2.05, 4.69) is 5.32 Å². The number of amides is 1. The predicted molar refractivity (Wildman–Crippen MR) is 107 cm³/mol. The zero-order valence-electron chi connectivity index (χ0n) is 14.3. The maximum absolute atomic E-state index is 12.6. The fraction of sp³-hybridized carbons (Fsp3) is 0.136. The van der Waals surface area contributed by atoms with Crippen LogP contribution in [0.4, 0.5) is 0 Å². The summed E-state index contributed by atoms with van der Waals surface area (Å²) in [5.74, 6) is -0.149. The van der Waals surface area contributed by atoms with Gasteiger partial charge in [-0.05, 0) is 47.0 Å². The molecule has 0 radical (unpaired) electrons. The van der Waals surface area contributed by atoms with Gasteiger partial charge in [0.15, 0.2) is 0 Å². The van der Waals surface area contributed by atoms with Crippen LogP contribution in [0, 0.1) is 0 Å². The van der Waals surface area contributed by atoms with Crippen LogP contribution in [-0.2, 0) is 5.54 Å². The van der Waals surface area contributed by atoms with Crippen LogP contribution < -0.4 is 5.32 Å². The normalized spacial score (nSPS) is 19.4. The molecule has 2 N–H and O–H groups in total. The number of halogens is 2. The summed E-state index contributed by atoms with van der Waals surface area (Å²) in [5, 5.41) is 15.3. The Labute approximate surface area is 167 Å². The van der Waals surface area contributed by atoms with E-state index in [1.807, 2.05) is 30.3 Å². The fourth-order valence-electron chi connectivity index (χ4n) is 3.72. The van der Waals surface area contributed by atoms with Crippen molar-refractivity contribution in [2.75, 3.05) is 0 Å². The lowest BCUT2D eigenvalue weighted by atomic mass is 9.78. The lowest BCUT2D eigenvalue weighted by Gasteiger charge is -2.33. The number of carbonyl (C=O) groups excluding carboxylic acids is 1. The zero-order valence-corrected chi connectivity index (χ0v) is 15.8. The molecule has 1 heterocycles. The van der Waals surface area contributed by atoms with Crippen molar-refractivity contribution in [1.82, 2.24) is 5.32 Å². The van der Waals surface area contributed by atoms with Gasteiger partial charge in [0.25, 0.3) is 5.91 Å². The maximum atomic E-state index is 12.6. The average molecular weight is 398 g/mol. The van der Waals surface area contributed by atoms with Gasteiger partial charge >= 0.3 is 0 Å². The smallest absolute Gasteiger partial charge is 0.252 e. The largest absolute Gasteiger partial charge is 0.388 e. The number of aliphatic hydroxyl groups excluding tert-OH is 1. The van der Waals surface area contributed by atoms with Crippen LogP contribution in [-0.4, -0.2) is 11.0 Å². The highest BCUT2D eigenvalue weighted by Gasteiger charge is 2.45. The highest BCUT2D eigenvalue weighted by atomic mass is 35.5. The summed E-state index contributed by atoms with van der Waals surface area (Å²) >= 11 is 12.0. The number of rotatable bonds is 4. The van der Waals surface area contributed by atoms with Gasteiger partial charge in [-0.1, -0.05) is 65.7 Å². The standard InChI is InChI=1S/C22H17Cl2NO2/c23-16-9-5-14(6-10-16)20(26)13-22(15-7-11-17(24)12-8-15)19-4-2-1-3-18(19)21(27)25-22/h1-12,20,26H,13H2,(H,25,27)/t20-,22+/m0/s1. The van der Waals surface area contributed by atoms with E-state index in [4.69, 9.17) is 23.2 Å². The lowest BCUT2D eigenvalue weighted by Crippen LogP contribution is -2.41. The summed E-state index contributed by atoms with van der Waals surface area (Å²) in [5.41, 5.74) is 2.25. The highest BCUT2D eigenvalue weighted by Crippen LogP contribution is 2.43. The lowest BCUT2D eigenvalue weighted by molar-refractivity contribution is 0.0898. The second-order valence-electron chi connectivity index (χ2n) is 6.68. The van der Waals surface area contributed by atoms with Crippen LogP contribution in [0.1, 0.15) is 39.6 Å². The van der Waals surface area contributed by atoms with Gasteiger partial charge < -0.3 is 10.4 Å². The summed E-state index contributed by atoms with van der Waals surface area (Å²) in [6.07, 6.45) is -0.497. The first-order chi connectivity index (χ1) is 13.0. The van der Waals surface area contributed by atoms with Gasteiger partial charge in [0, 0.05) is 22.0 Å². The zero-order chi connectivity index (χ0) is 19.0. The molecule has 0 unspecified atom stereocenters. The molecule has 0 spiro atoms. The molecule has 1 amide bonds. The van der Waals surface area contributed by atoms with Crippen LogP contribution in [0.15, 0.2) is 72.8 Å². The summed E-state index contributed by atoms with van der Waals surface area (Å²) in [4.78, 5) is 12.6. The van der Waals surface area contributed by atoms with Crippen LogP contribution >= 0.6 is 23.2 Å². The van der Waals surface area contributed by atoms with E-state index in [1.54, 1.807) is 42.5 Å². The monoisotopic (exact) mass is 397 g/mol. The number of hydrogen-bond acceptors (Lipinski definition) is 2. The van der Waals surface area contributed by atoms with E-state index in [1.165, 1.54) is 0 Å². The van der Waals surface area contributed by atoms with E-state index in [0.717, 1.165) is 16.7 Å². The van der Waals surface area contributed by atoms with Crippen molar-refractivity contribution in [1.29, 1.82) is 0 Å². The molecule has 0 aromatic heterocycles. The Morgan fingerprint density at radius 2 is 1.48 bits per heavy atom. The first kappa shape index (κ1) is 18.1. The SMILES string of the molecule is O=C1N[C@](C[C@H](O)c2ccc(Cl)cc2)(c2ccc(Cl)cc2)c2ccccc21. The van der Waals surface area contributed by atoms with Gasteiger partial charge in [0.1, 0.15) is 0 Å². The highest BCUT2D eigenvalue weighted by molar-refractivity contribution is 6.30. The van der Waals surface area contributed by atoms with E-state index in [9.17, 15) is 9.90 Å². The minimum Gasteiger partial charge on any atom is -0.388 e. The molecule has 3 nitrogen and oxygen atoms in total. The number of hydrogen-bond donors (Lipinski definition) is 2. The van der Waals surface area contributed by atoms with Crippen molar-refractivity contribution in [3.63, 3.8) is 0 Å². The molecule has 4 rings (SSSR count). The van der Waals surface area contributed by atoms with Crippen molar-refractivity contribution < 1.29 is 9.90 Å². The Hall–Kier alpha value is -2.33. The third kappa shape index (κ3) is 3.23. The Morgan fingerprint density at radius 1 is 0.889 bits per heavy atom. The molecule has 0 saturated heterocycles. The van der Waals surface area contributed by atoms with Gasteiger partial charge in [0.2, 0.25) is 0 Å². The molecule has 0 aliphatic carbocycles. The van der Waals surface area contributed by atoms with E-state index < -0.39 is 11.6 Å². The number of carbonyl (C=O) groups is 1. The molecule has 0 saturated carbocycles. The number of nitrogens with one attached hydrogen (secondary N) is 1. The second kappa shape index (κ2) is 7.01. The first-order valence-electron chi connectivity index (χ1n) is 8.61. The Balaban J connectivity index is 1.81. The summed E-state index contributed by atoms with van der Waals surface area (Å²) < 4.78 is 0. The molecule has 27 heavy (non-hydrogen) atoms. The molecule has 136 valence electrons. The van der Waals surface area contributed by atoms with Gasteiger partial charge in [0.05, 0.1) is 11.6 Å². The van der Waals surface area contributed by atoms with E-state index >= 15 is 0 Å². The van der Waals surface area contributed by atoms with Crippen LogP contribution in [0.25, 0.3) is 0 Å². The summed E-state index contributed by atoms with van der Waals surface area (Å²) in [6, 6.07) is 21.9. The Morgan fingerprint density at radius 3 is 2.15 bits per heavy atom. The van der Waals surface area contributed by atoms with Crippen LogP contribution in [0.5, 0.6) is 0 Å². The number of fused-ring (bicyclic) bond motifs is 1. The van der Waals surface area contributed by atoms with Crippen molar-refractivity contribution in [3.05, 3.63) is 105 Å². The van der Waals surface area contributed by atoms with Crippen molar-refractivity contribution in [3.8, 4) is 0 Å². The van der Waals surface area contributed by atoms with Gasteiger partial charge in [-0.25, -0.2) is 0 Å². The van der Waals surface area contributed by atoms with E-state index in [0.29, 0.717) is 22.0 Å².